The van der Waals surface area contributed by atoms with Gasteiger partial charge < -0.3 is 10.0 Å². The Balaban J connectivity index is 3.08. The van der Waals surface area contributed by atoms with Crippen LogP contribution < -0.4 is 4.90 Å². The van der Waals surface area contributed by atoms with Crippen LogP contribution in [0, 0.1) is 11.3 Å². The normalized spacial score (nSPS) is 11.0. The molecule has 0 atom stereocenters. The predicted molar refractivity (Wildman–Crippen MR) is 68.4 cm³/mol. The summed E-state index contributed by atoms with van der Waals surface area (Å²) < 4.78 is 0.771. The molecule has 0 aliphatic carbocycles. The van der Waals surface area contributed by atoms with E-state index in [-0.39, 0.29) is 12.1 Å². The summed E-state index contributed by atoms with van der Waals surface area (Å²) in [6.07, 6.45) is 0. The van der Waals surface area contributed by atoms with Gasteiger partial charge >= 0.3 is 0 Å². The highest BCUT2D eigenvalue weighted by atomic mass is 79.9. The van der Waals surface area contributed by atoms with Gasteiger partial charge in [-0.1, -0.05) is 0 Å². The number of anilines is 1. The maximum atomic E-state index is 9.29. The van der Waals surface area contributed by atoms with Gasteiger partial charge in [-0.3, -0.25) is 0 Å². The molecule has 0 spiro atoms. The van der Waals surface area contributed by atoms with Gasteiger partial charge in [-0.15, -0.1) is 0 Å². The lowest BCUT2D eigenvalue weighted by atomic mass is 10.0. The van der Waals surface area contributed by atoms with Crippen molar-refractivity contribution in [1.29, 1.82) is 5.26 Å². The SMILES string of the molecule is CN(c1ccc(C#N)c(Br)c1)C(C)(C)CO. The minimum absolute atomic E-state index is 0.0706. The molecule has 4 heteroatoms. The number of halogens is 1. The van der Waals surface area contributed by atoms with Crippen LogP contribution in [0.2, 0.25) is 0 Å². The highest BCUT2D eigenvalue weighted by Gasteiger charge is 2.23. The summed E-state index contributed by atoms with van der Waals surface area (Å²) in [5, 5.41) is 18.1. The molecule has 1 aromatic rings. The first-order valence-corrected chi connectivity index (χ1v) is 5.76. The average Bonchev–Trinajstić information content (AvgIpc) is 2.27. The molecule has 0 heterocycles. The van der Waals surface area contributed by atoms with Crippen LogP contribution in [0.25, 0.3) is 0 Å². The standard InChI is InChI=1S/C12H15BrN2O/c1-12(2,8-16)15(3)10-5-4-9(7-14)11(13)6-10/h4-6,16H,8H2,1-3H3. The van der Waals surface area contributed by atoms with Crippen LogP contribution in [0.4, 0.5) is 5.69 Å². The van der Waals surface area contributed by atoms with E-state index in [9.17, 15) is 5.11 Å². The summed E-state index contributed by atoms with van der Waals surface area (Å²) in [5.41, 5.74) is 1.25. The third kappa shape index (κ3) is 2.55. The van der Waals surface area contributed by atoms with E-state index in [0.717, 1.165) is 10.2 Å². The van der Waals surface area contributed by atoms with E-state index >= 15 is 0 Å². The Bertz CT molecular complexity index is 424. The number of likely N-dealkylation sites (N-methyl/N-ethyl adjacent to an activating group) is 1. The molecular formula is C12H15BrN2O. The van der Waals surface area contributed by atoms with Crippen molar-refractivity contribution in [1.82, 2.24) is 0 Å². The van der Waals surface area contributed by atoms with Crippen molar-refractivity contribution in [2.45, 2.75) is 19.4 Å². The van der Waals surface area contributed by atoms with Crippen molar-refractivity contribution in [3.8, 4) is 6.07 Å². The molecule has 0 fully saturated rings. The molecule has 0 aromatic heterocycles. The Hall–Kier alpha value is -1.05. The molecule has 3 nitrogen and oxygen atoms in total. The summed E-state index contributed by atoms with van der Waals surface area (Å²) >= 11 is 3.35. The summed E-state index contributed by atoms with van der Waals surface area (Å²) in [4.78, 5) is 1.99. The molecule has 0 aliphatic heterocycles. The maximum absolute atomic E-state index is 9.29. The van der Waals surface area contributed by atoms with Gasteiger partial charge in [-0.25, -0.2) is 0 Å². The van der Waals surface area contributed by atoms with Crippen molar-refractivity contribution in [3.63, 3.8) is 0 Å². The lowest BCUT2D eigenvalue weighted by molar-refractivity contribution is 0.216. The number of nitrogens with zero attached hydrogens (tertiary/aromatic N) is 2. The van der Waals surface area contributed by atoms with E-state index in [1.165, 1.54) is 0 Å². The second kappa shape index (κ2) is 4.86. The Morgan fingerprint density at radius 3 is 2.56 bits per heavy atom. The Morgan fingerprint density at radius 1 is 1.50 bits per heavy atom. The third-order valence-corrected chi connectivity index (χ3v) is 3.41. The van der Waals surface area contributed by atoms with Crippen LogP contribution in [-0.4, -0.2) is 24.3 Å². The molecule has 0 aliphatic rings. The second-order valence-electron chi connectivity index (χ2n) is 4.31. The van der Waals surface area contributed by atoms with E-state index < -0.39 is 0 Å². The zero-order valence-corrected chi connectivity index (χ0v) is 11.2. The fourth-order valence-electron chi connectivity index (χ4n) is 1.26. The van der Waals surface area contributed by atoms with E-state index in [4.69, 9.17) is 5.26 Å². The molecule has 0 amide bonds. The topological polar surface area (TPSA) is 47.3 Å². The van der Waals surface area contributed by atoms with Gasteiger partial charge in [0.15, 0.2) is 0 Å². The third-order valence-electron chi connectivity index (χ3n) is 2.76. The highest BCUT2D eigenvalue weighted by Crippen LogP contribution is 2.27. The number of rotatable bonds is 3. The van der Waals surface area contributed by atoms with Gasteiger partial charge in [-0.2, -0.15) is 5.26 Å². The van der Waals surface area contributed by atoms with Crippen LogP contribution in [-0.2, 0) is 0 Å². The molecule has 0 saturated heterocycles. The van der Waals surface area contributed by atoms with Crippen LogP contribution >= 0.6 is 15.9 Å². The van der Waals surface area contributed by atoms with E-state index in [2.05, 4.69) is 22.0 Å². The number of aliphatic hydroxyl groups is 1. The molecule has 16 heavy (non-hydrogen) atoms. The summed E-state index contributed by atoms with van der Waals surface area (Å²) in [5.74, 6) is 0. The van der Waals surface area contributed by atoms with Crippen LogP contribution in [0.5, 0.6) is 0 Å². The molecule has 1 N–H and O–H groups in total. The first kappa shape index (κ1) is 13.0. The second-order valence-corrected chi connectivity index (χ2v) is 5.16. The smallest absolute Gasteiger partial charge is 0.100 e. The van der Waals surface area contributed by atoms with Gasteiger partial charge in [-0.05, 0) is 48.0 Å². The lowest BCUT2D eigenvalue weighted by Gasteiger charge is -2.36. The van der Waals surface area contributed by atoms with Crippen molar-refractivity contribution in [3.05, 3.63) is 28.2 Å². The number of hydrogen-bond donors (Lipinski definition) is 1. The highest BCUT2D eigenvalue weighted by molar-refractivity contribution is 9.10. The monoisotopic (exact) mass is 282 g/mol. The minimum Gasteiger partial charge on any atom is -0.394 e. The Kier molecular flexibility index (Phi) is 3.95. The van der Waals surface area contributed by atoms with Gasteiger partial charge in [0, 0.05) is 17.2 Å². The lowest BCUT2D eigenvalue weighted by Crippen LogP contribution is -2.44. The fourth-order valence-corrected chi connectivity index (χ4v) is 1.71. The zero-order chi connectivity index (χ0) is 12.3. The zero-order valence-electron chi connectivity index (χ0n) is 9.66. The van der Waals surface area contributed by atoms with Crippen molar-refractivity contribution >= 4 is 21.6 Å². The minimum atomic E-state index is -0.326. The molecule has 0 bridgehead atoms. The van der Waals surface area contributed by atoms with Crippen LogP contribution in [0.3, 0.4) is 0 Å². The van der Waals surface area contributed by atoms with Gasteiger partial charge in [0.1, 0.15) is 6.07 Å². The number of nitriles is 1. The summed E-state index contributed by atoms with van der Waals surface area (Å²) in [7, 11) is 1.92. The first-order valence-electron chi connectivity index (χ1n) is 4.96. The van der Waals surface area contributed by atoms with Crippen LogP contribution in [0.1, 0.15) is 19.4 Å². The molecular weight excluding hydrogens is 268 g/mol. The first-order chi connectivity index (χ1) is 7.42. The largest absolute Gasteiger partial charge is 0.394 e. The maximum Gasteiger partial charge on any atom is 0.100 e. The Labute approximate surface area is 104 Å². The van der Waals surface area contributed by atoms with Gasteiger partial charge in [0.2, 0.25) is 0 Å². The van der Waals surface area contributed by atoms with E-state index in [0.29, 0.717) is 5.56 Å². The molecule has 0 saturated carbocycles. The van der Waals surface area contributed by atoms with Gasteiger partial charge in [0.25, 0.3) is 0 Å². The summed E-state index contributed by atoms with van der Waals surface area (Å²) in [6, 6.07) is 7.63. The molecule has 0 radical (unpaired) electrons. The number of aliphatic hydroxyl groups excluding tert-OH is 1. The molecule has 1 aromatic carbocycles. The molecule has 0 unspecified atom stereocenters. The summed E-state index contributed by atoms with van der Waals surface area (Å²) in [6.45, 7) is 3.99. The van der Waals surface area contributed by atoms with E-state index in [1.807, 2.05) is 37.9 Å². The van der Waals surface area contributed by atoms with Crippen LogP contribution in [0.15, 0.2) is 22.7 Å². The van der Waals surface area contributed by atoms with Crippen molar-refractivity contribution in [2.24, 2.45) is 0 Å². The van der Waals surface area contributed by atoms with E-state index in [1.54, 1.807) is 6.07 Å². The van der Waals surface area contributed by atoms with Gasteiger partial charge in [0.05, 0.1) is 17.7 Å². The fraction of sp³-hybridized carbons (Fsp3) is 0.417. The Morgan fingerprint density at radius 2 is 2.12 bits per heavy atom. The molecule has 86 valence electrons. The van der Waals surface area contributed by atoms with Crippen molar-refractivity contribution < 1.29 is 5.11 Å². The average molecular weight is 283 g/mol. The van der Waals surface area contributed by atoms with Crippen molar-refractivity contribution in [2.75, 3.05) is 18.6 Å². The number of benzene rings is 1. The predicted octanol–water partition coefficient (Wildman–Crippen LogP) is 2.53. The number of hydrogen-bond acceptors (Lipinski definition) is 3. The quantitative estimate of drug-likeness (QED) is 0.927. The molecule has 1 rings (SSSR count).